The Bertz CT molecular complexity index is 3380. The largest absolute Gasteiger partial charge is 0.467 e. The van der Waals surface area contributed by atoms with Gasteiger partial charge in [-0.2, -0.15) is 0 Å². The van der Waals surface area contributed by atoms with Gasteiger partial charge in [0.1, 0.15) is 17.2 Å². The number of esters is 1. The summed E-state index contributed by atoms with van der Waals surface area (Å²) >= 11 is 0. The lowest BCUT2D eigenvalue weighted by atomic mass is 9.83. The molecule has 0 aliphatic rings. The molecule has 5 unspecified atom stereocenters. The van der Waals surface area contributed by atoms with E-state index >= 15 is 0 Å². The van der Waals surface area contributed by atoms with Gasteiger partial charge in [-0.15, -0.1) is 0 Å². The van der Waals surface area contributed by atoms with Crippen molar-refractivity contribution in [2.45, 2.75) is 93.9 Å². The van der Waals surface area contributed by atoms with Gasteiger partial charge in [0.2, 0.25) is 0 Å². The molecule has 444 valence electrons. The monoisotopic (exact) mass is 1150 g/mol. The maximum atomic E-state index is 12.9. The van der Waals surface area contributed by atoms with Crippen molar-refractivity contribution in [2.24, 2.45) is 28.7 Å². The zero-order valence-electron chi connectivity index (χ0n) is 50.4. The van der Waals surface area contributed by atoms with E-state index in [-0.39, 0.29) is 28.3 Å². The van der Waals surface area contributed by atoms with E-state index in [1.165, 1.54) is 64.8 Å². The average Bonchev–Trinajstić information content (AvgIpc) is 2.85. The second-order valence-corrected chi connectivity index (χ2v) is 22.6. The van der Waals surface area contributed by atoms with Crippen molar-refractivity contribution in [1.29, 1.82) is 0 Å². The summed E-state index contributed by atoms with van der Waals surface area (Å²) in [5.74, 6) is -0.974. The van der Waals surface area contributed by atoms with E-state index in [1.54, 1.807) is 24.3 Å². The van der Waals surface area contributed by atoms with Crippen molar-refractivity contribution in [3.05, 3.63) is 358 Å². The van der Waals surface area contributed by atoms with E-state index in [0.29, 0.717) is 12.8 Å². The van der Waals surface area contributed by atoms with Gasteiger partial charge < -0.3 is 33.4 Å². The molecule has 0 aromatic heterocycles. The third-order valence-corrected chi connectivity index (χ3v) is 15.2. The van der Waals surface area contributed by atoms with Crippen molar-refractivity contribution >= 4 is 5.97 Å². The number of nitrogens with two attached hydrogens (primary N) is 5. The molecule has 10 rings (SSSR count). The SMILES string of the molecule is CC(N)(Cc1ccc(F)cc1)c1ccc(F)cc1.CC(N)(Cc1ccccc1)c1ccccc1.CC(N)(Cc1ccccc1)c1ccccc1.CCC(N)(Cc1ccccc1)c1ccccc1.COC(=O)C(N)(Cc1ccccc1)c1ccccc1. The number of ether oxygens (including phenoxy) is 1. The van der Waals surface area contributed by atoms with Crippen molar-refractivity contribution in [2.75, 3.05) is 7.11 Å². The number of rotatable bonds is 17. The molecule has 0 bridgehead atoms. The predicted octanol–water partition coefficient (Wildman–Crippen LogP) is 15.3. The molecule has 7 nitrogen and oxygen atoms in total. The molecule has 10 N–H and O–H groups in total. The number of carbonyl (C=O) groups is 1. The molecule has 0 radical (unpaired) electrons. The lowest BCUT2D eigenvalue weighted by molar-refractivity contribution is -0.147. The van der Waals surface area contributed by atoms with Gasteiger partial charge in [0.05, 0.1) is 7.11 Å². The fourth-order valence-corrected chi connectivity index (χ4v) is 10.1. The fourth-order valence-electron chi connectivity index (χ4n) is 10.1. The van der Waals surface area contributed by atoms with E-state index in [0.717, 1.165) is 47.9 Å². The molecule has 0 aliphatic heterocycles. The molecule has 0 heterocycles. The number of hydrogen-bond donors (Lipinski definition) is 5. The molecular weight excluding hydrogens is 1060 g/mol. The molecule has 0 saturated heterocycles. The summed E-state index contributed by atoms with van der Waals surface area (Å²) < 4.78 is 30.6. The Kier molecular flexibility index (Phi) is 25.2. The summed E-state index contributed by atoms with van der Waals surface area (Å²) in [6.45, 7) is 8.18. The Labute approximate surface area is 509 Å². The second-order valence-electron chi connectivity index (χ2n) is 22.6. The highest BCUT2D eigenvalue weighted by molar-refractivity contribution is 5.82. The number of hydrogen-bond acceptors (Lipinski definition) is 7. The maximum absolute atomic E-state index is 12.9. The van der Waals surface area contributed by atoms with Crippen molar-refractivity contribution in [3.8, 4) is 0 Å². The summed E-state index contributed by atoms with van der Waals surface area (Å²) in [6, 6.07) is 93.5. The lowest BCUT2D eigenvalue weighted by Crippen LogP contribution is -2.47. The van der Waals surface area contributed by atoms with Crippen LogP contribution in [0.15, 0.2) is 291 Å². The van der Waals surface area contributed by atoms with Gasteiger partial charge in [-0.1, -0.05) is 274 Å². The Balaban J connectivity index is 0.000000172. The average molecular weight is 1150 g/mol. The molecule has 10 aromatic rings. The standard InChI is InChI=1S/C16H17NO2.C16H19N.C15H15F2N.2C15H17N/c1-19-15(18)16(17,14-10-6-3-7-11-14)12-13-8-4-2-5-9-13;1-2-16(17,15-11-7-4-8-12-15)13-14-9-5-3-6-10-14;1-15(18,12-4-8-14(17)9-5-12)10-11-2-6-13(16)7-3-11;2*1-15(16,14-10-6-3-7-11-14)12-13-8-4-2-5-9-13/h2-11H,12,17H2,1H3;3-12H,2,13,17H2,1H3;2-9H,10,18H2,1H3;2*2-11H,12,16H2,1H3. The summed E-state index contributed by atoms with van der Waals surface area (Å²) in [5, 5.41) is 0. The van der Waals surface area contributed by atoms with Gasteiger partial charge in [-0.25, -0.2) is 13.6 Å². The van der Waals surface area contributed by atoms with Gasteiger partial charge >= 0.3 is 5.97 Å². The lowest BCUT2D eigenvalue weighted by Gasteiger charge is -2.29. The minimum Gasteiger partial charge on any atom is -0.467 e. The smallest absolute Gasteiger partial charge is 0.330 e. The molecule has 10 aromatic carbocycles. The topological polar surface area (TPSA) is 156 Å². The van der Waals surface area contributed by atoms with Crippen LogP contribution >= 0.6 is 0 Å². The number of carbonyl (C=O) groups excluding carboxylic acids is 1. The van der Waals surface area contributed by atoms with E-state index in [9.17, 15) is 13.6 Å². The van der Waals surface area contributed by atoms with Crippen LogP contribution < -0.4 is 28.7 Å². The van der Waals surface area contributed by atoms with Gasteiger partial charge in [-0.3, -0.25) is 0 Å². The third-order valence-electron chi connectivity index (χ3n) is 15.2. The number of benzene rings is 10. The van der Waals surface area contributed by atoms with Crippen LogP contribution in [0.25, 0.3) is 0 Å². The predicted molar refractivity (Wildman–Crippen MR) is 352 cm³/mol. The molecule has 0 saturated carbocycles. The zero-order valence-corrected chi connectivity index (χ0v) is 50.4. The van der Waals surface area contributed by atoms with Gasteiger partial charge in [0, 0.05) is 28.6 Å². The van der Waals surface area contributed by atoms with E-state index in [2.05, 4.69) is 142 Å². The first-order valence-electron chi connectivity index (χ1n) is 29.2. The first-order chi connectivity index (χ1) is 41.2. The van der Waals surface area contributed by atoms with Crippen molar-refractivity contribution in [3.63, 3.8) is 0 Å². The Morgan fingerprint density at radius 1 is 0.326 bits per heavy atom. The first-order valence-corrected chi connectivity index (χ1v) is 29.2. The minimum absolute atomic E-state index is 0.261. The molecule has 9 heteroatoms. The van der Waals surface area contributed by atoms with Crippen LogP contribution in [0.2, 0.25) is 0 Å². The molecular formula is C77H85F2N5O2. The van der Waals surface area contributed by atoms with Gasteiger partial charge in [0.25, 0.3) is 0 Å². The summed E-state index contributed by atoms with van der Waals surface area (Å²) in [7, 11) is 1.36. The molecule has 5 atom stereocenters. The normalized spacial score (nSPS) is 14.1. The van der Waals surface area contributed by atoms with Crippen molar-refractivity contribution in [1.82, 2.24) is 0 Å². The van der Waals surface area contributed by atoms with Crippen LogP contribution in [-0.2, 0) is 69.3 Å². The maximum Gasteiger partial charge on any atom is 0.330 e. The van der Waals surface area contributed by atoms with E-state index in [4.69, 9.17) is 33.4 Å². The molecule has 0 spiro atoms. The van der Waals surface area contributed by atoms with Crippen LogP contribution in [0.5, 0.6) is 0 Å². The molecule has 0 aliphatic carbocycles. The van der Waals surface area contributed by atoms with Crippen LogP contribution in [-0.4, -0.2) is 13.1 Å². The highest BCUT2D eigenvalue weighted by Gasteiger charge is 2.37. The van der Waals surface area contributed by atoms with Crippen LogP contribution in [0.1, 0.15) is 89.8 Å². The number of halogens is 2. The van der Waals surface area contributed by atoms with Crippen LogP contribution in [0.3, 0.4) is 0 Å². The zero-order chi connectivity index (χ0) is 61.9. The fraction of sp³-hybridized carbons (Fsp3) is 0.208. The molecule has 86 heavy (non-hydrogen) atoms. The molecule has 0 fully saturated rings. The number of methoxy groups -OCH3 is 1. The third kappa shape index (κ3) is 20.8. The van der Waals surface area contributed by atoms with Crippen LogP contribution in [0.4, 0.5) is 8.78 Å². The highest BCUT2D eigenvalue weighted by Crippen LogP contribution is 2.29. The van der Waals surface area contributed by atoms with E-state index in [1.807, 2.05) is 128 Å². The Morgan fingerprint density at radius 3 is 0.884 bits per heavy atom. The first kappa shape index (κ1) is 66.5. The minimum atomic E-state index is -1.16. The van der Waals surface area contributed by atoms with Crippen LogP contribution in [0, 0.1) is 11.6 Å². The quantitative estimate of drug-likeness (QED) is 0.0568. The summed E-state index contributed by atoms with van der Waals surface area (Å²) in [4.78, 5) is 12.1. The van der Waals surface area contributed by atoms with Crippen molar-refractivity contribution < 1.29 is 18.3 Å². The summed E-state index contributed by atoms with van der Waals surface area (Å²) in [6.07, 6.45) is 4.51. The second kappa shape index (κ2) is 32.6. The van der Waals surface area contributed by atoms with E-state index < -0.39 is 17.0 Å². The molecule has 0 amide bonds. The van der Waals surface area contributed by atoms with Gasteiger partial charge in [0.15, 0.2) is 0 Å². The van der Waals surface area contributed by atoms with Gasteiger partial charge in [-0.05, 0) is 133 Å². The Hall–Kier alpha value is -8.67. The Morgan fingerprint density at radius 2 is 0.570 bits per heavy atom. The summed E-state index contributed by atoms with van der Waals surface area (Å²) in [5.41, 5.74) is 40.2. The highest BCUT2D eigenvalue weighted by atomic mass is 19.1.